The SMILES string of the molecule is Nc1ncc(-c2nc(-c3ccc(OC(F)(F)F)cc3)n(C3CC3)c2C(=O)N2CCC(N3CCCC3)CC2)cn1. The fourth-order valence-corrected chi connectivity index (χ4v) is 5.69. The van der Waals surface area contributed by atoms with Crippen LogP contribution in [0.5, 0.6) is 5.75 Å². The van der Waals surface area contributed by atoms with E-state index in [1.165, 1.54) is 37.1 Å². The number of anilines is 1. The van der Waals surface area contributed by atoms with Crippen LogP contribution in [0.2, 0.25) is 0 Å². The summed E-state index contributed by atoms with van der Waals surface area (Å²) in [7, 11) is 0. The maximum atomic E-state index is 14.1. The van der Waals surface area contributed by atoms with Crippen LogP contribution >= 0.6 is 0 Å². The summed E-state index contributed by atoms with van der Waals surface area (Å²) < 4.78 is 44.0. The fraction of sp³-hybridized carbons (Fsp3) is 0.481. The summed E-state index contributed by atoms with van der Waals surface area (Å²) in [5.74, 6) is 0.195. The second kappa shape index (κ2) is 10.1. The van der Waals surface area contributed by atoms with Crippen LogP contribution in [0.1, 0.15) is 55.1 Å². The van der Waals surface area contributed by atoms with Gasteiger partial charge in [-0.25, -0.2) is 15.0 Å². The highest BCUT2D eigenvalue weighted by Gasteiger charge is 2.38. The van der Waals surface area contributed by atoms with Gasteiger partial charge < -0.3 is 24.8 Å². The molecule has 4 heterocycles. The van der Waals surface area contributed by atoms with Crippen molar-refractivity contribution >= 4 is 11.9 Å². The number of ether oxygens (including phenoxy) is 1. The van der Waals surface area contributed by atoms with E-state index in [0.29, 0.717) is 47.5 Å². The van der Waals surface area contributed by atoms with E-state index in [1.54, 1.807) is 12.4 Å². The third kappa shape index (κ3) is 5.42. The maximum absolute atomic E-state index is 14.1. The molecule has 3 aromatic rings. The van der Waals surface area contributed by atoms with Crippen molar-refractivity contribution in [2.75, 3.05) is 31.9 Å². The molecule has 2 N–H and O–H groups in total. The lowest BCUT2D eigenvalue weighted by atomic mass is 10.0. The van der Waals surface area contributed by atoms with E-state index in [0.717, 1.165) is 38.8 Å². The zero-order valence-electron chi connectivity index (χ0n) is 21.4. The largest absolute Gasteiger partial charge is 0.573 e. The van der Waals surface area contributed by atoms with E-state index in [-0.39, 0.29) is 23.6 Å². The number of nitrogen functional groups attached to an aromatic ring is 1. The number of amides is 1. The fourth-order valence-electron chi connectivity index (χ4n) is 5.69. The molecule has 6 rings (SSSR count). The number of carbonyl (C=O) groups excluding carboxylic acids is 1. The number of alkyl halides is 3. The maximum Gasteiger partial charge on any atom is 0.573 e. The molecule has 3 aliphatic rings. The molecule has 1 aliphatic carbocycles. The van der Waals surface area contributed by atoms with E-state index in [9.17, 15) is 18.0 Å². The van der Waals surface area contributed by atoms with Gasteiger partial charge in [-0.1, -0.05) is 0 Å². The van der Waals surface area contributed by atoms with Crippen molar-refractivity contribution in [2.24, 2.45) is 0 Å². The average Bonchev–Trinajstić information content (AvgIpc) is 3.45. The number of nitrogens with zero attached hydrogens (tertiary/aromatic N) is 6. The van der Waals surface area contributed by atoms with Gasteiger partial charge in [-0.2, -0.15) is 0 Å². The Kier molecular flexibility index (Phi) is 6.66. The number of halogens is 3. The second-order valence-corrected chi connectivity index (χ2v) is 10.4. The first-order chi connectivity index (χ1) is 18.8. The third-order valence-corrected chi connectivity index (χ3v) is 7.73. The minimum absolute atomic E-state index is 0.0724. The Hall–Kier alpha value is -3.67. The monoisotopic (exact) mass is 541 g/mol. The molecular weight excluding hydrogens is 511 g/mol. The van der Waals surface area contributed by atoms with Gasteiger partial charge >= 0.3 is 6.36 Å². The van der Waals surface area contributed by atoms with Crippen molar-refractivity contribution in [3.8, 4) is 28.4 Å². The number of likely N-dealkylation sites (tertiary alicyclic amines) is 2. The number of benzene rings is 1. The Balaban J connectivity index is 1.36. The van der Waals surface area contributed by atoms with E-state index < -0.39 is 6.36 Å². The summed E-state index contributed by atoms with van der Waals surface area (Å²) in [6.45, 7) is 3.58. The number of aromatic nitrogens is 4. The van der Waals surface area contributed by atoms with Gasteiger partial charge in [-0.15, -0.1) is 13.2 Å². The van der Waals surface area contributed by atoms with Crippen LogP contribution in [0.4, 0.5) is 19.1 Å². The number of rotatable bonds is 6. The molecule has 1 saturated carbocycles. The zero-order valence-corrected chi connectivity index (χ0v) is 21.4. The Morgan fingerprint density at radius 2 is 1.54 bits per heavy atom. The van der Waals surface area contributed by atoms with Crippen molar-refractivity contribution in [3.63, 3.8) is 0 Å². The molecule has 2 aromatic heterocycles. The first-order valence-electron chi connectivity index (χ1n) is 13.4. The minimum atomic E-state index is -4.78. The lowest BCUT2D eigenvalue weighted by Gasteiger charge is -2.36. The number of piperidine rings is 1. The molecule has 0 bridgehead atoms. The van der Waals surface area contributed by atoms with E-state index in [1.807, 2.05) is 9.47 Å². The van der Waals surface area contributed by atoms with Gasteiger partial charge in [-0.05, 0) is 75.9 Å². The highest BCUT2D eigenvalue weighted by Crippen LogP contribution is 2.43. The summed E-state index contributed by atoms with van der Waals surface area (Å²) in [5.41, 5.74) is 7.74. The lowest BCUT2D eigenvalue weighted by molar-refractivity contribution is -0.274. The Labute approximate surface area is 223 Å². The molecule has 1 amide bonds. The van der Waals surface area contributed by atoms with Gasteiger partial charge in [0.25, 0.3) is 5.91 Å². The molecule has 0 unspecified atom stereocenters. The molecule has 2 aliphatic heterocycles. The summed E-state index contributed by atoms with van der Waals surface area (Å²) in [4.78, 5) is 31.6. The Morgan fingerprint density at radius 3 is 2.13 bits per heavy atom. The summed E-state index contributed by atoms with van der Waals surface area (Å²) in [5, 5.41) is 0. The van der Waals surface area contributed by atoms with Crippen LogP contribution in [0, 0.1) is 0 Å². The van der Waals surface area contributed by atoms with Crippen molar-refractivity contribution in [2.45, 2.75) is 57.0 Å². The van der Waals surface area contributed by atoms with Crippen LogP contribution in [0.25, 0.3) is 22.6 Å². The summed E-state index contributed by atoms with van der Waals surface area (Å²) in [6, 6.07) is 6.14. The van der Waals surface area contributed by atoms with Crippen molar-refractivity contribution < 1.29 is 22.7 Å². The van der Waals surface area contributed by atoms with Gasteiger partial charge in [0.2, 0.25) is 5.95 Å². The molecule has 2 saturated heterocycles. The normalized spacial score (nSPS) is 19.0. The molecular formula is C27H30F3N7O2. The van der Waals surface area contributed by atoms with Crippen LogP contribution in [0.15, 0.2) is 36.7 Å². The molecule has 206 valence electrons. The molecule has 0 atom stereocenters. The predicted octanol–water partition coefficient (Wildman–Crippen LogP) is 4.52. The first kappa shape index (κ1) is 25.6. The predicted molar refractivity (Wildman–Crippen MR) is 138 cm³/mol. The number of imidazole rings is 1. The quantitative estimate of drug-likeness (QED) is 0.490. The highest BCUT2D eigenvalue weighted by molar-refractivity contribution is 5.99. The molecule has 3 fully saturated rings. The van der Waals surface area contributed by atoms with Crippen molar-refractivity contribution in [1.29, 1.82) is 0 Å². The van der Waals surface area contributed by atoms with E-state index in [4.69, 9.17) is 10.7 Å². The van der Waals surface area contributed by atoms with Crippen molar-refractivity contribution in [3.05, 3.63) is 42.4 Å². The lowest BCUT2D eigenvalue weighted by Crippen LogP contribution is -2.46. The Bertz CT molecular complexity index is 1320. The van der Waals surface area contributed by atoms with Crippen molar-refractivity contribution in [1.82, 2.24) is 29.3 Å². The number of nitrogens with two attached hydrogens (primary N) is 1. The highest BCUT2D eigenvalue weighted by atomic mass is 19.4. The van der Waals surface area contributed by atoms with E-state index in [2.05, 4.69) is 19.6 Å². The van der Waals surface area contributed by atoms with Crippen LogP contribution in [-0.2, 0) is 0 Å². The topological polar surface area (TPSA) is 102 Å². The number of carbonyl (C=O) groups is 1. The molecule has 0 spiro atoms. The van der Waals surface area contributed by atoms with Crippen LogP contribution < -0.4 is 10.5 Å². The number of hydrogen-bond acceptors (Lipinski definition) is 7. The summed E-state index contributed by atoms with van der Waals surface area (Å²) >= 11 is 0. The van der Waals surface area contributed by atoms with Gasteiger partial charge in [-0.3, -0.25) is 4.79 Å². The van der Waals surface area contributed by atoms with Gasteiger partial charge in [0, 0.05) is 48.7 Å². The third-order valence-electron chi connectivity index (χ3n) is 7.73. The smallest absolute Gasteiger partial charge is 0.406 e. The standard InChI is InChI=1S/C27H30F3N7O2/c28-27(29,30)39-21-7-3-17(4-8-21)24-34-22(18-15-32-26(31)33-16-18)23(37(24)20-5-6-20)25(38)36-13-9-19(10-14-36)35-11-1-2-12-35/h3-4,7-8,15-16,19-20H,1-2,5-6,9-14H2,(H2,31,32,33). The summed E-state index contributed by atoms with van der Waals surface area (Å²) in [6.07, 6.45) is 4.40. The molecule has 0 radical (unpaired) electrons. The molecule has 9 nitrogen and oxygen atoms in total. The number of hydrogen-bond donors (Lipinski definition) is 1. The zero-order chi connectivity index (χ0) is 27.1. The molecule has 1 aromatic carbocycles. The Morgan fingerprint density at radius 1 is 0.897 bits per heavy atom. The minimum Gasteiger partial charge on any atom is -0.406 e. The van der Waals surface area contributed by atoms with Gasteiger partial charge in [0.15, 0.2) is 0 Å². The van der Waals surface area contributed by atoms with E-state index >= 15 is 0 Å². The van der Waals surface area contributed by atoms with Crippen LogP contribution in [-0.4, -0.2) is 73.8 Å². The molecule has 39 heavy (non-hydrogen) atoms. The van der Waals surface area contributed by atoms with Crippen LogP contribution in [0.3, 0.4) is 0 Å². The average molecular weight is 542 g/mol. The van der Waals surface area contributed by atoms with Gasteiger partial charge in [0.1, 0.15) is 23.0 Å². The first-order valence-corrected chi connectivity index (χ1v) is 13.4. The van der Waals surface area contributed by atoms with Gasteiger partial charge in [0.05, 0.1) is 0 Å². The molecule has 12 heteroatoms. The second-order valence-electron chi connectivity index (χ2n) is 10.4.